The Labute approximate surface area is 101 Å². The molecule has 1 fully saturated rings. The van der Waals surface area contributed by atoms with E-state index in [4.69, 9.17) is 5.73 Å². The van der Waals surface area contributed by atoms with Gasteiger partial charge in [0.05, 0.1) is 11.3 Å². The van der Waals surface area contributed by atoms with Crippen LogP contribution in [-0.4, -0.2) is 12.5 Å². The smallest absolute Gasteiger partial charge is 0.252 e. The number of amides is 1. The van der Waals surface area contributed by atoms with Gasteiger partial charge in [0, 0.05) is 11.0 Å². The van der Waals surface area contributed by atoms with Gasteiger partial charge < -0.3 is 11.1 Å². The largest absolute Gasteiger partial charge is 0.396 e. The molecule has 2 rings (SSSR count). The van der Waals surface area contributed by atoms with Crippen LogP contribution in [0.4, 0.5) is 10.1 Å². The van der Waals surface area contributed by atoms with Gasteiger partial charge in [0.25, 0.3) is 5.91 Å². The highest BCUT2D eigenvalue weighted by atomic mass is 79.9. The van der Waals surface area contributed by atoms with E-state index in [1.54, 1.807) is 0 Å². The molecule has 3 nitrogen and oxygen atoms in total. The van der Waals surface area contributed by atoms with Crippen LogP contribution in [0.2, 0.25) is 0 Å². The molecule has 1 aromatic rings. The minimum Gasteiger partial charge on any atom is -0.396 e. The van der Waals surface area contributed by atoms with Crippen molar-refractivity contribution in [1.82, 2.24) is 5.32 Å². The summed E-state index contributed by atoms with van der Waals surface area (Å²) in [6, 6.07) is 2.56. The Balaban J connectivity index is 2.11. The number of benzene rings is 1. The molecule has 0 bridgehead atoms. The van der Waals surface area contributed by atoms with E-state index in [-0.39, 0.29) is 11.6 Å². The number of carbonyl (C=O) groups is 1. The number of hydrogen-bond acceptors (Lipinski definition) is 2. The van der Waals surface area contributed by atoms with Crippen molar-refractivity contribution in [2.75, 3.05) is 12.3 Å². The first-order valence-electron chi connectivity index (χ1n) is 5.10. The zero-order valence-electron chi connectivity index (χ0n) is 8.59. The van der Waals surface area contributed by atoms with Gasteiger partial charge in [-0.25, -0.2) is 4.39 Å². The van der Waals surface area contributed by atoms with Crippen molar-refractivity contribution in [2.45, 2.75) is 12.8 Å². The van der Waals surface area contributed by atoms with Crippen molar-refractivity contribution in [3.05, 3.63) is 28.0 Å². The van der Waals surface area contributed by atoms with E-state index in [9.17, 15) is 9.18 Å². The van der Waals surface area contributed by atoms with E-state index >= 15 is 0 Å². The van der Waals surface area contributed by atoms with Crippen LogP contribution in [0.15, 0.2) is 16.6 Å². The summed E-state index contributed by atoms with van der Waals surface area (Å²) >= 11 is 3.15. The number of carbonyl (C=O) groups excluding carboxylic acids is 1. The summed E-state index contributed by atoms with van der Waals surface area (Å²) in [5.41, 5.74) is 5.78. The maximum Gasteiger partial charge on any atom is 0.252 e. The van der Waals surface area contributed by atoms with Gasteiger partial charge in [-0.2, -0.15) is 0 Å². The molecule has 0 heterocycles. The van der Waals surface area contributed by atoms with Crippen LogP contribution in [0.3, 0.4) is 0 Å². The molecule has 0 aromatic heterocycles. The molecule has 5 heteroatoms. The molecule has 1 aliphatic carbocycles. The monoisotopic (exact) mass is 286 g/mol. The van der Waals surface area contributed by atoms with Gasteiger partial charge in [-0.15, -0.1) is 0 Å². The Kier molecular flexibility index (Phi) is 3.14. The number of anilines is 1. The van der Waals surface area contributed by atoms with Crippen LogP contribution in [0.25, 0.3) is 0 Å². The van der Waals surface area contributed by atoms with Gasteiger partial charge >= 0.3 is 0 Å². The van der Waals surface area contributed by atoms with Crippen LogP contribution >= 0.6 is 15.9 Å². The van der Waals surface area contributed by atoms with E-state index in [1.807, 2.05) is 0 Å². The normalized spacial score (nSPS) is 14.9. The predicted octanol–water partition coefficient (Wildman–Crippen LogP) is 2.31. The fraction of sp³-hybridized carbons (Fsp3) is 0.364. The molecular formula is C11H12BrFN2O. The number of rotatable bonds is 3. The van der Waals surface area contributed by atoms with Crippen LogP contribution in [0.1, 0.15) is 23.2 Å². The molecule has 1 aliphatic rings. The van der Waals surface area contributed by atoms with Crippen LogP contribution in [-0.2, 0) is 0 Å². The highest BCUT2D eigenvalue weighted by Gasteiger charge is 2.22. The van der Waals surface area contributed by atoms with Crippen LogP contribution < -0.4 is 11.1 Å². The van der Waals surface area contributed by atoms with Crippen molar-refractivity contribution in [3.8, 4) is 0 Å². The summed E-state index contributed by atoms with van der Waals surface area (Å²) in [7, 11) is 0. The molecule has 0 spiro atoms. The van der Waals surface area contributed by atoms with Gasteiger partial charge in [-0.05, 0) is 46.8 Å². The van der Waals surface area contributed by atoms with Crippen molar-refractivity contribution in [1.29, 1.82) is 0 Å². The highest BCUT2D eigenvalue weighted by Crippen LogP contribution is 2.28. The fourth-order valence-corrected chi connectivity index (χ4v) is 1.89. The Hall–Kier alpha value is -1.10. The zero-order valence-corrected chi connectivity index (χ0v) is 10.2. The number of hydrogen-bond donors (Lipinski definition) is 2. The summed E-state index contributed by atoms with van der Waals surface area (Å²) in [6.45, 7) is 0.683. The Bertz CT molecular complexity index is 432. The molecule has 0 unspecified atom stereocenters. The second-order valence-corrected chi connectivity index (χ2v) is 4.86. The zero-order chi connectivity index (χ0) is 11.7. The lowest BCUT2D eigenvalue weighted by atomic mass is 10.2. The molecule has 1 saturated carbocycles. The minimum absolute atomic E-state index is 0.0141. The lowest BCUT2D eigenvalue weighted by Gasteiger charge is -2.07. The average molecular weight is 287 g/mol. The lowest BCUT2D eigenvalue weighted by Crippen LogP contribution is -2.26. The quantitative estimate of drug-likeness (QED) is 0.838. The molecule has 16 heavy (non-hydrogen) atoms. The lowest BCUT2D eigenvalue weighted by molar-refractivity contribution is 0.0951. The Morgan fingerprint density at radius 1 is 1.56 bits per heavy atom. The molecular weight excluding hydrogens is 275 g/mol. The van der Waals surface area contributed by atoms with Crippen molar-refractivity contribution >= 4 is 27.5 Å². The van der Waals surface area contributed by atoms with Crippen molar-refractivity contribution in [3.63, 3.8) is 0 Å². The maximum atomic E-state index is 13.1. The molecule has 0 radical (unpaired) electrons. The minimum atomic E-state index is -0.523. The molecule has 0 aliphatic heterocycles. The average Bonchev–Trinajstić information content (AvgIpc) is 3.03. The fourth-order valence-electron chi connectivity index (χ4n) is 1.39. The molecule has 0 saturated heterocycles. The third-order valence-electron chi connectivity index (χ3n) is 2.58. The third kappa shape index (κ3) is 2.52. The van der Waals surface area contributed by atoms with Crippen molar-refractivity contribution < 1.29 is 9.18 Å². The standard InChI is InChI=1S/C11H12BrFN2O/c12-8-4-9(13)10(14)3-7(8)11(16)15-5-6-1-2-6/h3-4,6H,1-2,5,14H2,(H,15,16). The Morgan fingerprint density at radius 3 is 2.88 bits per heavy atom. The van der Waals surface area contributed by atoms with Crippen LogP contribution in [0, 0.1) is 11.7 Å². The van der Waals surface area contributed by atoms with Gasteiger partial charge in [0.2, 0.25) is 0 Å². The van der Waals surface area contributed by atoms with Gasteiger partial charge in [-0.3, -0.25) is 4.79 Å². The first-order valence-corrected chi connectivity index (χ1v) is 5.90. The molecule has 1 amide bonds. The van der Waals surface area contributed by atoms with Gasteiger partial charge in [0.15, 0.2) is 0 Å². The summed E-state index contributed by atoms with van der Waals surface area (Å²) in [4.78, 5) is 11.7. The van der Waals surface area contributed by atoms with Crippen molar-refractivity contribution in [2.24, 2.45) is 5.92 Å². The van der Waals surface area contributed by atoms with E-state index in [0.29, 0.717) is 22.5 Å². The van der Waals surface area contributed by atoms with E-state index in [0.717, 1.165) is 0 Å². The Morgan fingerprint density at radius 2 is 2.25 bits per heavy atom. The third-order valence-corrected chi connectivity index (χ3v) is 3.24. The summed E-state index contributed by atoms with van der Waals surface area (Å²) in [5, 5.41) is 2.80. The summed E-state index contributed by atoms with van der Waals surface area (Å²) < 4.78 is 13.5. The van der Waals surface area contributed by atoms with E-state index in [1.165, 1.54) is 25.0 Å². The topological polar surface area (TPSA) is 55.1 Å². The molecule has 0 atom stereocenters. The molecule has 86 valence electrons. The van der Waals surface area contributed by atoms with Gasteiger partial charge in [-0.1, -0.05) is 0 Å². The van der Waals surface area contributed by atoms with Crippen LogP contribution in [0.5, 0.6) is 0 Å². The summed E-state index contributed by atoms with van der Waals surface area (Å²) in [6.07, 6.45) is 2.35. The van der Waals surface area contributed by atoms with E-state index in [2.05, 4.69) is 21.2 Å². The van der Waals surface area contributed by atoms with Gasteiger partial charge in [0.1, 0.15) is 5.82 Å². The first-order chi connectivity index (χ1) is 7.58. The number of halogens is 2. The maximum absolute atomic E-state index is 13.1. The second kappa shape index (κ2) is 4.41. The highest BCUT2D eigenvalue weighted by molar-refractivity contribution is 9.10. The first kappa shape index (κ1) is 11.4. The number of nitrogen functional groups attached to an aromatic ring is 1. The second-order valence-electron chi connectivity index (χ2n) is 4.01. The molecule has 3 N–H and O–H groups in total. The predicted molar refractivity (Wildman–Crippen MR) is 63.6 cm³/mol. The van der Waals surface area contributed by atoms with E-state index < -0.39 is 5.82 Å². The molecule has 1 aromatic carbocycles. The SMILES string of the molecule is Nc1cc(C(=O)NCC2CC2)c(Br)cc1F. The summed E-state index contributed by atoms with van der Waals surface area (Å²) in [5.74, 6) is -0.128. The number of nitrogens with two attached hydrogens (primary N) is 1. The number of nitrogens with one attached hydrogen (secondary N) is 1.